The summed E-state index contributed by atoms with van der Waals surface area (Å²) in [5.74, 6) is 0.275. The van der Waals surface area contributed by atoms with Gasteiger partial charge in [0.2, 0.25) is 0 Å². The minimum Gasteiger partial charge on any atom is -0.377 e. The third kappa shape index (κ3) is 3.62. The molecule has 1 rings (SSSR count). The third-order valence-electron chi connectivity index (χ3n) is 2.21. The second kappa shape index (κ2) is 6.22. The predicted molar refractivity (Wildman–Crippen MR) is 65.1 cm³/mol. The SMILES string of the molecule is C/C=N\N(C1COC1)C(C)NC=NC(C)=N. The molecule has 1 aliphatic heterocycles. The molecular weight excluding hydrogens is 206 g/mol. The monoisotopic (exact) mass is 225 g/mol. The van der Waals surface area contributed by atoms with Gasteiger partial charge in [0, 0.05) is 6.21 Å². The first-order valence-corrected chi connectivity index (χ1v) is 5.33. The van der Waals surface area contributed by atoms with E-state index in [1.54, 1.807) is 13.1 Å². The van der Waals surface area contributed by atoms with Gasteiger partial charge in [0.15, 0.2) is 0 Å². The lowest BCUT2D eigenvalue weighted by molar-refractivity contribution is -0.0782. The molecule has 2 N–H and O–H groups in total. The first-order valence-electron chi connectivity index (χ1n) is 5.33. The van der Waals surface area contributed by atoms with Crippen LogP contribution in [0.1, 0.15) is 20.8 Å². The van der Waals surface area contributed by atoms with Gasteiger partial charge in [-0.25, -0.2) is 4.99 Å². The third-order valence-corrected chi connectivity index (χ3v) is 2.21. The maximum absolute atomic E-state index is 7.16. The van der Waals surface area contributed by atoms with Gasteiger partial charge in [-0.1, -0.05) is 0 Å². The second-order valence-corrected chi connectivity index (χ2v) is 3.63. The van der Waals surface area contributed by atoms with Crippen LogP contribution in [0.25, 0.3) is 0 Å². The van der Waals surface area contributed by atoms with Gasteiger partial charge < -0.3 is 10.1 Å². The molecule has 0 radical (unpaired) electrons. The number of nitrogens with zero attached hydrogens (tertiary/aromatic N) is 3. The maximum Gasteiger partial charge on any atom is 0.119 e. The molecule has 1 unspecified atom stereocenters. The summed E-state index contributed by atoms with van der Waals surface area (Å²) in [6, 6.07) is 0.327. The van der Waals surface area contributed by atoms with Gasteiger partial charge in [0.25, 0.3) is 0 Å². The van der Waals surface area contributed by atoms with Crippen molar-refractivity contribution in [1.82, 2.24) is 10.3 Å². The number of hydrogen-bond donors (Lipinski definition) is 2. The Morgan fingerprint density at radius 2 is 2.31 bits per heavy atom. The van der Waals surface area contributed by atoms with Crippen LogP contribution in [0.5, 0.6) is 0 Å². The highest BCUT2D eigenvalue weighted by Crippen LogP contribution is 2.12. The molecule has 0 aliphatic carbocycles. The van der Waals surface area contributed by atoms with Crippen molar-refractivity contribution in [3.63, 3.8) is 0 Å². The highest BCUT2D eigenvalue weighted by molar-refractivity contribution is 5.84. The molecule has 6 nitrogen and oxygen atoms in total. The minimum absolute atomic E-state index is 0.0354. The summed E-state index contributed by atoms with van der Waals surface area (Å²) in [5.41, 5.74) is 0. The fourth-order valence-electron chi connectivity index (χ4n) is 1.34. The fourth-order valence-corrected chi connectivity index (χ4v) is 1.34. The minimum atomic E-state index is 0.0354. The number of amidine groups is 1. The van der Waals surface area contributed by atoms with Crippen molar-refractivity contribution >= 4 is 18.4 Å². The highest BCUT2D eigenvalue weighted by Gasteiger charge is 2.27. The predicted octanol–water partition coefficient (Wildman–Crippen LogP) is 0.654. The summed E-state index contributed by atoms with van der Waals surface area (Å²) in [7, 11) is 0. The van der Waals surface area contributed by atoms with Crippen molar-refractivity contribution in [3.8, 4) is 0 Å². The molecule has 1 saturated heterocycles. The first kappa shape index (κ1) is 12.6. The van der Waals surface area contributed by atoms with Gasteiger partial charge >= 0.3 is 0 Å². The van der Waals surface area contributed by atoms with E-state index < -0.39 is 0 Å². The summed E-state index contributed by atoms with van der Waals surface area (Å²) in [6.45, 7) is 6.93. The number of hydrogen-bond acceptors (Lipinski definition) is 4. The molecule has 1 heterocycles. The summed E-state index contributed by atoms with van der Waals surface area (Å²) in [5, 5.41) is 16.5. The molecule has 1 aliphatic rings. The van der Waals surface area contributed by atoms with Crippen molar-refractivity contribution in [2.24, 2.45) is 10.1 Å². The molecule has 0 aromatic heterocycles. The Hall–Kier alpha value is -1.43. The van der Waals surface area contributed by atoms with Gasteiger partial charge in [-0.15, -0.1) is 0 Å². The Morgan fingerprint density at radius 1 is 1.62 bits per heavy atom. The van der Waals surface area contributed by atoms with Gasteiger partial charge in [0.05, 0.1) is 25.6 Å². The normalized spacial score (nSPS) is 18.7. The van der Waals surface area contributed by atoms with Crippen LogP contribution >= 0.6 is 0 Å². The van der Waals surface area contributed by atoms with Gasteiger partial charge in [0.1, 0.15) is 12.0 Å². The Kier molecular flexibility index (Phi) is 4.91. The molecule has 90 valence electrons. The number of aliphatic imine (C=N–C) groups is 1. The zero-order valence-corrected chi connectivity index (χ0v) is 9.97. The molecular formula is C10H19N5O. The molecule has 0 saturated carbocycles. The number of hydrazone groups is 1. The van der Waals surface area contributed by atoms with E-state index in [9.17, 15) is 0 Å². The smallest absolute Gasteiger partial charge is 0.119 e. The van der Waals surface area contributed by atoms with Crippen molar-refractivity contribution in [3.05, 3.63) is 0 Å². The molecule has 6 heteroatoms. The molecule has 0 aromatic rings. The lowest BCUT2D eigenvalue weighted by Crippen LogP contribution is -2.54. The van der Waals surface area contributed by atoms with Gasteiger partial charge in [-0.3, -0.25) is 10.4 Å². The summed E-state index contributed by atoms with van der Waals surface area (Å²) >= 11 is 0. The van der Waals surface area contributed by atoms with Crippen LogP contribution in [-0.4, -0.2) is 48.8 Å². The molecule has 16 heavy (non-hydrogen) atoms. The number of rotatable bonds is 5. The molecule has 0 spiro atoms. The van der Waals surface area contributed by atoms with Crippen molar-refractivity contribution in [1.29, 1.82) is 5.41 Å². The van der Waals surface area contributed by atoms with E-state index in [4.69, 9.17) is 10.1 Å². The Bertz CT molecular complexity index is 285. The maximum atomic E-state index is 7.16. The summed E-state index contributed by atoms with van der Waals surface area (Å²) < 4.78 is 5.14. The van der Waals surface area contributed by atoms with Crippen LogP contribution in [0.15, 0.2) is 10.1 Å². The molecule has 1 atom stereocenters. The fraction of sp³-hybridized carbons (Fsp3) is 0.700. The highest BCUT2D eigenvalue weighted by atomic mass is 16.5. The van der Waals surface area contributed by atoms with Crippen LogP contribution in [-0.2, 0) is 4.74 Å². The average molecular weight is 225 g/mol. The average Bonchev–Trinajstić information content (AvgIpc) is 2.13. The Labute approximate surface area is 95.9 Å². The van der Waals surface area contributed by atoms with E-state index in [-0.39, 0.29) is 12.0 Å². The summed E-state index contributed by atoms with van der Waals surface area (Å²) in [6.07, 6.45) is 3.33. The van der Waals surface area contributed by atoms with E-state index in [1.807, 2.05) is 18.9 Å². The van der Waals surface area contributed by atoms with Crippen molar-refractivity contribution in [2.75, 3.05) is 13.2 Å². The van der Waals surface area contributed by atoms with E-state index >= 15 is 0 Å². The topological polar surface area (TPSA) is 73.1 Å². The largest absolute Gasteiger partial charge is 0.377 e. The van der Waals surface area contributed by atoms with Crippen molar-refractivity contribution in [2.45, 2.75) is 33.0 Å². The zero-order valence-electron chi connectivity index (χ0n) is 9.97. The number of nitrogens with one attached hydrogen (secondary N) is 2. The quantitative estimate of drug-likeness (QED) is 0.312. The molecule has 0 amide bonds. The van der Waals surface area contributed by atoms with E-state index in [0.29, 0.717) is 19.3 Å². The zero-order chi connectivity index (χ0) is 12.0. The Morgan fingerprint density at radius 3 is 2.75 bits per heavy atom. The van der Waals surface area contributed by atoms with Crippen LogP contribution in [0.3, 0.4) is 0 Å². The lowest BCUT2D eigenvalue weighted by Gasteiger charge is -2.38. The van der Waals surface area contributed by atoms with Crippen LogP contribution in [0, 0.1) is 5.41 Å². The molecule has 0 aromatic carbocycles. The van der Waals surface area contributed by atoms with Crippen LogP contribution < -0.4 is 5.32 Å². The van der Waals surface area contributed by atoms with Crippen molar-refractivity contribution < 1.29 is 4.74 Å². The van der Waals surface area contributed by atoms with Gasteiger partial charge in [-0.2, -0.15) is 5.10 Å². The van der Waals surface area contributed by atoms with E-state index in [0.717, 1.165) is 0 Å². The molecule has 0 bridgehead atoms. The van der Waals surface area contributed by atoms with Gasteiger partial charge in [-0.05, 0) is 20.8 Å². The second-order valence-electron chi connectivity index (χ2n) is 3.63. The summed E-state index contributed by atoms with van der Waals surface area (Å²) in [4.78, 5) is 3.85. The Balaban J connectivity index is 2.46. The number of ether oxygens (including phenoxy) is 1. The molecule has 1 fully saturated rings. The standard InChI is InChI=1S/C10H19N5O/c1-4-14-15(10-5-16-6-10)9(3)13-7-12-8(2)11/h4,7,9-10H,5-6H2,1-3H3,(H2,11,12,13)/b14-4-. The van der Waals surface area contributed by atoms with Crippen LogP contribution in [0.4, 0.5) is 0 Å². The first-order chi connectivity index (χ1) is 7.65. The van der Waals surface area contributed by atoms with E-state index in [1.165, 1.54) is 6.34 Å². The lowest BCUT2D eigenvalue weighted by atomic mass is 10.2. The van der Waals surface area contributed by atoms with Crippen LogP contribution in [0.2, 0.25) is 0 Å². The van der Waals surface area contributed by atoms with E-state index in [2.05, 4.69) is 15.4 Å².